The molecule has 0 bridgehead atoms. The van der Waals surface area contributed by atoms with Gasteiger partial charge in [-0.2, -0.15) is 18.4 Å². The third-order valence-corrected chi connectivity index (χ3v) is 4.28. The van der Waals surface area contributed by atoms with Gasteiger partial charge in [0, 0.05) is 6.04 Å². The molecule has 1 rings (SSSR count). The van der Waals surface area contributed by atoms with Gasteiger partial charge in [0.25, 0.3) is 0 Å². The summed E-state index contributed by atoms with van der Waals surface area (Å²) in [6.45, 7) is 6.77. The number of pyridine rings is 1. The van der Waals surface area contributed by atoms with E-state index in [-0.39, 0.29) is 28.1 Å². The van der Waals surface area contributed by atoms with Crippen LogP contribution < -0.4 is 5.32 Å². The van der Waals surface area contributed by atoms with Crippen molar-refractivity contribution in [2.45, 2.75) is 56.6 Å². The maximum absolute atomic E-state index is 12.9. The number of carbonyl (C=O) groups excluding carboxylic acids is 1. The molecule has 0 saturated carbocycles. The van der Waals surface area contributed by atoms with Crippen molar-refractivity contribution < 1.29 is 18.0 Å². The van der Waals surface area contributed by atoms with Crippen LogP contribution in [-0.4, -0.2) is 22.2 Å². The molecule has 4 nitrogen and oxygen atoms in total. The van der Waals surface area contributed by atoms with Gasteiger partial charge in [-0.05, 0) is 38.8 Å². The first-order valence-corrected chi connectivity index (χ1v) is 7.94. The Morgan fingerprint density at radius 3 is 2.52 bits per heavy atom. The minimum Gasteiger partial charge on any atom is -0.353 e. The number of hydrogen-bond donors (Lipinski definition) is 1. The van der Waals surface area contributed by atoms with Crippen LogP contribution >= 0.6 is 11.8 Å². The van der Waals surface area contributed by atoms with Gasteiger partial charge in [0.2, 0.25) is 5.91 Å². The van der Waals surface area contributed by atoms with Gasteiger partial charge in [-0.1, -0.05) is 18.7 Å². The predicted octanol–water partition coefficient (Wildman–Crippen LogP) is 3.68. The number of nitriles is 1. The number of rotatable bonds is 5. The first kappa shape index (κ1) is 19.3. The molecule has 0 fully saturated rings. The standard InChI is InChI=1S/C15H18F3N3OS/c1-5-11(13(22)20-8(2)3)23-14-10(7-19)9(4)6-12(21-14)15(16,17)18/h6,8,11H,5H2,1-4H3,(H,20,22)/t11-/m0/s1. The first-order chi connectivity index (χ1) is 10.6. The van der Waals surface area contributed by atoms with E-state index in [0.29, 0.717) is 6.42 Å². The number of thioether (sulfide) groups is 1. The smallest absolute Gasteiger partial charge is 0.353 e. The lowest BCUT2D eigenvalue weighted by atomic mass is 10.1. The SMILES string of the molecule is CC[C@H](Sc1nc(C(F)(F)F)cc(C)c1C#N)C(=O)NC(C)C. The van der Waals surface area contributed by atoms with Crippen molar-refractivity contribution in [3.8, 4) is 6.07 Å². The maximum atomic E-state index is 12.9. The molecule has 0 aliphatic heterocycles. The van der Waals surface area contributed by atoms with E-state index in [0.717, 1.165) is 17.8 Å². The molecule has 0 radical (unpaired) electrons. The molecular formula is C15H18F3N3OS. The Labute approximate surface area is 137 Å². The van der Waals surface area contributed by atoms with Gasteiger partial charge >= 0.3 is 6.18 Å². The number of halogens is 3. The van der Waals surface area contributed by atoms with Crippen LogP contribution in [0.1, 0.15) is 44.0 Å². The minimum absolute atomic E-state index is 0.0643. The highest BCUT2D eigenvalue weighted by atomic mass is 32.2. The zero-order chi connectivity index (χ0) is 17.8. The summed E-state index contributed by atoms with van der Waals surface area (Å²) >= 11 is 0.889. The highest BCUT2D eigenvalue weighted by Crippen LogP contribution is 2.34. The minimum atomic E-state index is -4.60. The second-order valence-electron chi connectivity index (χ2n) is 5.29. The van der Waals surface area contributed by atoms with Crippen molar-refractivity contribution in [3.05, 3.63) is 22.9 Å². The van der Waals surface area contributed by atoms with Gasteiger partial charge < -0.3 is 5.32 Å². The average Bonchev–Trinajstić information content (AvgIpc) is 2.42. The molecule has 1 aromatic rings. The molecule has 0 aliphatic rings. The van der Waals surface area contributed by atoms with Crippen LogP contribution in [0.5, 0.6) is 0 Å². The molecule has 0 aromatic carbocycles. The molecule has 1 atom stereocenters. The summed E-state index contributed by atoms with van der Waals surface area (Å²) in [7, 11) is 0. The van der Waals surface area contributed by atoms with E-state index in [1.807, 2.05) is 6.07 Å². The molecule has 126 valence electrons. The fourth-order valence-corrected chi connectivity index (χ4v) is 2.93. The number of aryl methyl sites for hydroxylation is 1. The average molecular weight is 345 g/mol. The molecule has 0 saturated heterocycles. The summed E-state index contributed by atoms with van der Waals surface area (Å²) in [6.07, 6.45) is -4.19. The molecule has 1 aromatic heterocycles. The van der Waals surface area contributed by atoms with Crippen LogP contribution in [0.4, 0.5) is 13.2 Å². The monoisotopic (exact) mass is 345 g/mol. The molecule has 0 unspecified atom stereocenters. The van der Waals surface area contributed by atoms with Crippen LogP contribution in [0, 0.1) is 18.3 Å². The van der Waals surface area contributed by atoms with Gasteiger partial charge in [0.05, 0.1) is 10.8 Å². The van der Waals surface area contributed by atoms with Crippen molar-refractivity contribution in [1.82, 2.24) is 10.3 Å². The van der Waals surface area contributed by atoms with Crippen molar-refractivity contribution >= 4 is 17.7 Å². The van der Waals surface area contributed by atoms with E-state index in [2.05, 4.69) is 10.3 Å². The highest BCUT2D eigenvalue weighted by Gasteiger charge is 2.34. The molecule has 1 amide bonds. The molecular weight excluding hydrogens is 327 g/mol. The Kier molecular flexibility index (Phi) is 6.45. The Balaban J connectivity index is 3.22. The number of carbonyl (C=O) groups is 1. The molecule has 23 heavy (non-hydrogen) atoms. The fraction of sp³-hybridized carbons (Fsp3) is 0.533. The van der Waals surface area contributed by atoms with Crippen LogP contribution in [0.15, 0.2) is 11.1 Å². The topological polar surface area (TPSA) is 65.8 Å². The summed E-state index contributed by atoms with van der Waals surface area (Å²) in [4.78, 5) is 15.7. The fourth-order valence-electron chi connectivity index (χ4n) is 1.84. The Morgan fingerprint density at radius 1 is 1.48 bits per heavy atom. The van der Waals surface area contributed by atoms with E-state index in [9.17, 15) is 23.2 Å². The molecule has 8 heteroatoms. The van der Waals surface area contributed by atoms with Crippen molar-refractivity contribution in [2.75, 3.05) is 0 Å². The summed E-state index contributed by atoms with van der Waals surface area (Å²) in [5, 5.41) is 11.2. The number of nitrogens with zero attached hydrogens (tertiary/aromatic N) is 2. The summed E-state index contributed by atoms with van der Waals surface area (Å²) in [5.41, 5.74) is -0.800. The molecule has 1 heterocycles. The Morgan fingerprint density at radius 2 is 2.09 bits per heavy atom. The quantitative estimate of drug-likeness (QED) is 0.827. The lowest BCUT2D eigenvalue weighted by molar-refractivity contribution is -0.141. The van der Waals surface area contributed by atoms with Gasteiger partial charge in [0.1, 0.15) is 16.8 Å². The van der Waals surface area contributed by atoms with Crippen molar-refractivity contribution in [2.24, 2.45) is 0 Å². The third kappa shape index (κ3) is 5.13. The van der Waals surface area contributed by atoms with Gasteiger partial charge in [-0.25, -0.2) is 4.98 Å². The predicted molar refractivity (Wildman–Crippen MR) is 81.9 cm³/mol. The zero-order valence-electron chi connectivity index (χ0n) is 13.3. The van der Waals surface area contributed by atoms with Crippen molar-refractivity contribution in [1.29, 1.82) is 5.26 Å². The number of nitrogens with one attached hydrogen (secondary N) is 1. The van der Waals surface area contributed by atoms with E-state index in [1.165, 1.54) is 6.92 Å². The largest absolute Gasteiger partial charge is 0.433 e. The van der Waals surface area contributed by atoms with Crippen molar-refractivity contribution in [3.63, 3.8) is 0 Å². The Bertz CT molecular complexity index is 624. The zero-order valence-corrected chi connectivity index (χ0v) is 14.1. The number of hydrogen-bond acceptors (Lipinski definition) is 4. The summed E-state index contributed by atoms with van der Waals surface area (Å²) in [6, 6.07) is 2.63. The van der Waals surface area contributed by atoms with E-state index < -0.39 is 17.1 Å². The van der Waals surface area contributed by atoms with Crippen LogP contribution in [-0.2, 0) is 11.0 Å². The summed E-state index contributed by atoms with van der Waals surface area (Å²) in [5.74, 6) is -0.284. The van der Waals surface area contributed by atoms with Gasteiger partial charge in [-0.15, -0.1) is 0 Å². The van der Waals surface area contributed by atoms with Crippen LogP contribution in [0.25, 0.3) is 0 Å². The van der Waals surface area contributed by atoms with Crippen LogP contribution in [0.3, 0.4) is 0 Å². The normalized spacial score (nSPS) is 12.8. The lowest BCUT2D eigenvalue weighted by Crippen LogP contribution is -2.37. The highest BCUT2D eigenvalue weighted by molar-refractivity contribution is 8.00. The van der Waals surface area contributed by atoms with E-state index >= 15 is 0 Å². The first-order valence-electron chi connectivity index (χ1n) is 7.06. The van der Waals surface area contributed by atoms with Gasteiger partial charge in [-0.3, -0.25) is 4.79 Å². The number of amides is 1. The maximum Gasteiger partial charge on any atom is 0.433 e. The number of alkyl halides is 3. The van der Waals surface area contributed by atoms with Gasteiger partial charge in [0.15, 0.2) is 0 Å². The molecule has 1 N–H and O–H groups in total. The lowest BCUT2D eigenvalue weighted by Gasteiger charge is -2.18. The van der Waals surface area contributed by atoms with E-state index in [1.54, 1.807) is 20.8 Å². The molecule has 0 spiro atoms. The molecule has 0 aliphatic carbocycles. The van der Waals surface area contributed by atoms with Crippen LogP contribution in [0.2, 0.25) is 0 Å². The number of aromatic nitrogens is 1. The third-order valence-electron chi connectivity index (χ3n) is 2.93. The van der Waals surface area contributed by atoms with E-state index in [4.69, 9.17) is 0 Å². The second-order valence-corrected chi connectivity index (χ2v) is 6.48. The second kappa shape index (κ2) is 7.68. The Hall–Kier alpha value is -1.75. The summed E-state index contributed by atoms with van der Waals surface area (Å²) < 4.78 is 38.7.